The first-order chi connectivity index (χ1) is 10.0. The summed E-state index contributed by atoms with van der Waals surface area (Å²) in [6.07, 6.45) is 0. The highest BCUT2D eigenvalue weighted by Gasteiger charge is 2.09. The molecule has 0 aliphatic heterocycles. The van der Waals surface area contributed by atoms with Gasteiger partial charge in [-0.3, -0.25) is 9.59 Å². The van der Waals surface area contributed by atoms with Crippen molar-refractivity contribution in [3.63, 3.8) is 0 Å². The minimum absolute atomic E-state index is 0.175. The Kier molecular flexibility index (Phi) is 4.52. The van der Waals surface area contributed by atoms with E-state index >= 15 is 0 Å². The van der Waals surface area contributed by atoms with Crippen LogP contribution in [-0.4, -0.2) is 22.4 Å². The van der Waals surface area contributed by atoms with E-state index in [1.807, 2.05) is 26.0 Å². The van der Waals surface area contributed by atoms with Crippen LogP contribution in [0.25, 0.3) is 11.3 Å². The molecule has 110 valence electrons. The lowest BCUT2D eigenvalue weighted by Gasteiger charge is -2.09. The fourth-order valence-corrected chi connectivity index (χ4v) is 2.14. The maximum atomic E-state index is 11.8. The monoisotopic (exact) mass is 286 g/mol. The van der Waals surface area contributed by atoms with Crippen molar-refractivity contribution in [1.29, 1.82) is 0 Å². The summed E-state index contributed by atoms with van der Waals surface area (Å²) in [7, 11) is 0. The number of carbonyl (C=O) groups is 1. The van der Waals surface area contributed by atoms with Crippen molar-refractivity contribution >= 4 is 5.97 Å². The second-order valence-electron chi connectivity index (χ2n) is 4.84. The number of hydrogen-bond donors (Lipinski definition) is 0. The molecule has 5 nitrogen and oxygen atoms in total. The standard InChI is InChI=1S/C16H18N2O3/c1-4-21-16(20)10-18-15(19)8-7-14(17-18)13-6-5-11(2)9-12(13)3/h5-9H,4,10H2,1-3H3. The number of benzene rings is 1. The van der Waals surface area contributed by atoms with Gasteiger partial charge in [-0.25, -0.2) is 4.68 Å². The van der Waals surface area contributed by atoms with Crippen LogP contribution in [-0.2, 0) is 16.1 Å². The maximum absolute atomic E-state index is 11.8. The molecule has 0 saturated carbocycles. The Balaban J connectivity index is 2.38. The van der Waals surface area contributed by atoms with E-state index in [-0.39, 0.29) is 18.7 Å². The van der Waals surface area contributed by atoms with Crippen LogP contribution in [0.1, 0.15) is 18.1 Å². The van der Waals surface area contributed by atoms with Gasteiger partial charge in [0.2, 0.25) is 0 Å². The molecule has 1 aromatic heterocycles. The highest BCUT2D eigenvalue weighted by atomic mass is 16.5. The number of rotatable bonds is 4. The highest BCUT2D eigenvalue weighted by Crippen LogP contribution is 2.21. The third-order valence-electron chi connectivity index (χ3n) is 3.11. The molecule has 0 aliphatic rings. The largest absolute Gasteiger partial charge is 0.465 e. The zero-order valence-electron chi connectivity index (χ0n) is 12.4. The molecule has 0 N–H and O–H groups in total. The van der Waals surface area contributed by atoms with Gasteiger partial charge >= 0.3 is 5.97 Å². The normalized spacial score (nSPS) is 10.4. The van der Waals surface area contributed by atoms with Crippen LogP contribution in [0.3, 0.4) is 0 Å². The molecule has 0 unspecified atom stereocenters. The second-order valence-corrected chi connectivity index (χ2v) is 4.84. The van der Waals surface area contributed by atoms with E-state index < -0.39 is 5.97 Å². The van der Waals surface area contributed by atoms with Gasteiger partial charge in [-0.1, -0.05) is 23.8 Å². The quantitative estimate of drug-likeness (QED) is 0.807. The van der Waals surface area contributed by atoms with Crippen LogP contribution < -0.4 is 5.56 Å². The van der Waals surface area contributed by atoms with E-state index in [0.29, 0.717) is 5.69 Å². The molecule has 0 atom stereocenters. The molecule has 2 rings (SSSR count). The number of aromatic nitrogens is 2. The molecule has 5 heteroatoms. The Morgan fingerprint density at radius 3 is 2.67 bits per heavy atom. The molecule has 21 heavy (non-hydrogen) atoms. The molecule has 1 aromatic carbocycles. The van der Waals surface area contributed by atoms with E-state index in [1.54, 1.807) is 13.0 Å². The predicted molar refractivity (Wildman–Crippen MR) is 80.0 cm³/mol. The van der Waals surface area contributed by atoms with Gasteiger partial charge in [0, 0.05) is 11.6 Å². The molecule has 1 heterocycles. The number of nitrogens with zero attached hydrogens (tertiary/aromatic N) is 2. The molecular weight excluding hydrogens is 268 g/mol. The Morgan fingerprint density at radius 2 is 2.00 bits per heavy atom. The molecule has 0 bridgehead atoms. The van der Waals surface area contributed by atoms with Crippen LogP contribution in [0.5, 0.6) is 0 Å². The van der Waals surface area contributed by atoms with E-state index in [0.717, 1.165) is 21.4 Å². The summed E-state index contributed by atoms with van der Waals surface area (Å²) in [5.41, 5.74) is 3.52. The van der Waals surface area contributed by atoms with Crippen molar-refractivity contribution < 1.29 is 9.53 Å². The number of ether oxygens (including phenoxy) is 1. The summed E-state index contributed by atoms with van der Waals surface area (Å²) >= 11 is 0. The third-order valence-corrected chi connectivity index (χ3v) is 3.11. The van der Waals surface area contributed by atoms with Crippen LogP contribution in [0, 0.1) is 13.8 Å². The Hall–Kier alpha value is -2.43. The zero-order chi connectivity index (χ0) is 15.4. The zero-order valence-corrected chi connectivity index (χ0v) is 12.4. The van der Waals surface area contributed by atoms with Crippen LogP contribution in [0.15, 0.2) is 35.1 Å². The maximum Gasteiger partial charge on any atom is 0.327 e. The summed E-state index contributed by atoms with van der Waals surface area (Å²) in [4.78, 5) is 23.3. The predicted octanol–water partition coefficient (Wildman–Crippen LogP) is 2.09. The fourth-order valence-electron chi connectivity index (χ4n) is 2.14. The summed E-state index contributed by atoms with van der Waals surface area (Å²) in [6.45, 7) is 5.84. The molecule has 0 saturated heterocycles. The summed E-state index contributed by atoms with van der Waals surface area (Å²) in [5.74, 6) is -0.468. The van der Waals surface area contributed by atoms with Crippen LogP contribution in [0.4, 0.5) is 0 Å². The van der Waals surface area contributed by atoms with Gasteiger partial charge in [0.25, 0.3) is 5.56 Å². The number of esters is 1. The molecule has 2 aromatic rings. The minimum Gasteiger partial charge on any atom is -0.465 e. The highest BCUT2D eigenvalue weighted by molar-refractivity contribution is 5.69. The van der Waals surface area contributed by atoms with Crippen molar-refractivity contribution in [1.82, 2.24) is 9.78 Å². The average molecular weight is 286 g/mol. The third kappa shape index (κ3) is 3.56. The first-order valence-electron chi connectivity index (χ1n) is 6.82. The van der Waals surface area contributed by atoms with Crippen molar-refractivity contribution in [2.75, 3.05) is 6.61 Å². The Labute approximate surface area is 123 Å². The number of carbonyl (C=O) groups excluding carboxylic acids is 1. The van der Waals surface area contributed by atoms with Gasteiger partial charge in [0.05, 0.1) is 12.3 Å². The van der Waals surface area contributed by atoms with Crippen molar-refractivity contribution in [3.8, 4) is 11.3 Å². The number of aryl methyl sites for hydroxylation is 2. The Bertz CT molecular complexity index is 720. The fraction of sp³-hybridized carbons (Fsp3) is 0.312. The smallest absolute Gasteiger partial charge is 0.327 e. The molecule has 0 fully saturated rings. The van der Waals surface area contributed by atoms with Gasteiger partial charge in [0.1, 0.15) is 6.54 Å². The van der Waals surface area contributed by atoms with E-state index in [9.17, 15) is 9.59 Å². The van der Waals surface area contributed by atoms with Gasteiger partial charge in [-0.2, -0.15) is 5.10 Å². The van der Waals surface area contributed by atoms with E-state index in [4.69, 9.17) is 4.74 Å². The molecule has 0 aliphatic carbocycles. The van der Waals surface area contributed by atoms with E-state index in [2.05, 4.69) is 11.2 Å². The first-order valence-corrected chi connectivity index (χ1v) is 6.82. The molecular formula is C16H18N2O3. The van der Waals surface area contributed by atoms with Crippen molar-refractivity contribution in [2.45, 2.75) is 27.3 Å². The summed E-state index contributed by atoms with van der Waals surface area (Å²) in [6, 6.07) is 9.09. The van der Waals surface area contributed by atoms with Crippen LogP contribution in [0.2, 0.25) is 0 Å². The topological polar surface area (TPSA) is 61.2 Å². The van der Waals surface area contributed by atoms with Gasteiger partial charge in [-0.05, 0) is 32.4 Å². The lowest BCUT2D eigenvalue weighted by atomic mass is 10.0. The van der Waals surface area contributed by atoms with Gasteiger partial charge < -0.3 is 4.74 Å². The average Bonchev–Trinajstić information content (AvgIpc) is 2.42. The first kappa shape index (κ1) is 15.0. The lowest BCUT2D eigenvalue weighted by Crippen LogP contribution is -2.27. The van der Waals surface area contributed by atoms with Crippen molar-refractivity contribution in [3.05, 3.63) is 51.8 Å². The SMILES string of the molecule is CCOC(=O)Cn1nc(-c2ccc(C)cc2C)ccc1=O. The Morgan fingerprint density at radius 1 is 1.24 bits per heavy atom. The number of hydrogen-bond acceptors (Lipinski definition) is 4. The van der Waals surface area contributed by atoms with Gasteiger partial charge in [-0.15, -0.1) is 0 Å². The van der Waals surface area contributed by atoms with Gasteiger partial charge in [0.15, 0.2) is 0 Å². The van der Waals surface area contributed by atoms with Crippen molar-refractivity contribution in [2.24, 2.45) is 0 Å². The summed E-state index contributed by atoms with van der Waals surface area (Å²) < 4.78 is 5.98. The summed E-state index contributed by atoms with van der Waals surface area (Å²) in [5, 5.41) is 4.26. The van der Waals surface area contributed by atoms with Crippen LogP contribution >= 0.6 is 0 Å². The molecule has 0 amide bonds. The molecule has 0 spiro atoms. The minimum atomic E-state index is -0.468. The molecule has 0 radical (unpaired) electrons. The van der Waals surface area contributed by atoms with E-state index in [1.165, 1.54) is 6.07 Å². The second kappa shape index (κ2) is 6.35. The lowest BCUT2D eigenvalue weighted by molar-refractivity contribution is -0.144.